The van der Waals surface area contributed by atoms with Crippen LogP contribution in [0.5, 0.6) is 0 Å². The van der Waals surface area contributed by atoms with Crippen LogP contribution in [0.2, 0.25) is 0 Å². The van der Waals surface area contributed by atoms with Gasteiger partial charge in [-0.1, -0.05) is 0 Å². The molecule has 0 unspecified atom stereocenters. The van der Waals surface area contributed by atoms with Gasteiger partial charge in [-0.3, -0.25) is 9.59 Å². The van der Waals surface area contributed by atoms with Crippen LogP contribution in [0.25, 0.3) is 0 Å². The highest BCUT2D eigenvalue weighted by Gasteiger charge is 2.28. The molecule has 7 nitrogen and oxygen atoms in total. The Bertz CT molecular complexity index is 663. The standard InChI is InChI=1S/C11H12F2N2O5S/c12-6-1-2-7(13)9(5-6)21(19,20)15-8(11(17)18)3-4-10(14)16/h1-2,5,8,15H,3-4H2,(H2,14,16)(H,17,18)/t8-/m1/s1. The molecule has 21 heavy (non-hydrogen) atoms. The van der Waals surface area contributed by atoms with E-state index in [0.29, 0.717) is 12.1 Å². The summed E-state index contributed by atoms with van der Waals surface area (Å²) in [6, 6.07) is 0.0503. The Balaban J connectivity index is 3.03. The Hall–Kier alpha value is -2.07. The van der Waals surface area contributed by atoms with Gasteiger partial charge < -0.3 is 10.8 Å². The maximum atomic E-state index is 13.4. The van der Waals surface area contributed by atoms with Crippen molar-refractivity contribution in [1.82, 2.24) is 4.72 Å². The van der Waals surface area contributed by atoms with Gasteiger partial charge in [-0.2, -0.15) is 4.72 Å². The fourth-order valence-corrected chi connectivity index (χ4v) is 2.77. The molecule has 0 spiro atoms. The lowest BCUT2D eigenvalue weighted by atomic mass is 10.2. The Labute approximate surface area is 118 Å². The lowest BCUT2D eigenvalue weighted by Gasteiger charge is -2.14. The number of hydrogen-bond acceptors (Lipinski definition) is 4. The molecule has 0 fully saturated rings. The van der Waals surface area contributed by atoms with E-state index >= 15 is 0 Å². The van der Waals surface area contributed by atoms with Crippen LogP contribution in [0.15, 0.2) is 23.1 Å². The minimum Gasteiger partial charge on any atom is -0.480 e. The molecule has 1 aromatic carbocycles. The number of amides is 1. The van der Waals surface area contributed by atoms with Crippen LogP contribution in [-0.4, -0.2) is 31.4 Å². The van der Waals surface area contributed by atoms with Gasteiger partial charge in [0.25, 0.3) is 0 Å². The van der Waals surface area contributed by atoms with Crippen molar-refractivity contribution in [3.63, 3.8) is 0 Å². The average Bonchev–Trinajstić information content (AvgIpc) is 2.36. The molecule has 0 saturated carbocycles. The lowest BCUT2D eigenvalue weighted by molar-refractivity contribution is -0.139. The largest absolute Gasteiger partial charge is 0.480 e. The molecule has 1 amide bonds. The molecule has 0 bridgehead atoms. The van der Waals surface area contributed by atoms with Gasteiger partial charge in [0, 0.05) is 6.42 Å². The smallest absolute Gasteiger partial charge is 0.321 e. The third-order valence-electron chi connectivity index (χ3n) is 2.46. The van der Waals surface area contributed by atoms with Crippen LogP contribution in [0.1, 0.15) is 12.8 Å². The predicted octanol–water partition coefficient (Wildman–Crippen LogP) is -0.0382. The molecule has 4 N–H and O–H groups in total. The SMILES string of the molecule is NC(=O)CC[C@@H](NS(=O)(=O)c1cc(F)ccc1F)C(=O)O. The predicted molar refractivity (Wildman–Crippen MR) is 66.5 cm³/mol. The van der Waals surface area contributed by atoms with Crippen LogP contribution in [0, 0.1) is 11.6 Å². The summed E-state index contributed by atoms with van der Waals surface area (Å²) in [5, 5.41) is 8.87. The number of rotatable bonds is 7. The second kappa shape index (κ2) is 6.59. The zero-order chi connectivity index (χ0) is 16.2. The maximum Gasteiger partial charge on any atom is 0.321 e. The third-order valence-corrected chi connectivity index (χ3v) is 3.94. The topological polar surface area (TPSA) is 127 Å². The number of nitrogens with one attached hydrogen (secondary N) is 1. The maximum absolute atomic E-state index is 13.4. The van der Waals surface area contributed by atoms with Crippen molar-refractivity contribution >= 4 is 21.9 Å². The van der Waals surface area contributed by atoms with Crippen LogP contribution < -0.4 is 10.5 Å². The van der Waals surface area contributed by atoms with E-state index in [1.807, 2.05) is 0 Å². The lowest BCUT2D eigenvalue weighted by Crippen LogP contribution is -2.41. The first kappa shape index (κ1) is 17.0. The highest BCUT2D eigenvalue weighted by Crippen LogP contribution is 2.16. The molecule has 116 valence electrons. The minimum absolute atomic E-state index is 0.384. The zero-order valence-corrected chi connectivity index (χ0v) is 11.4. The van der Waals surface area contributed by atoms with Crippen molar-refractivity contribution in [2.75, 3.05) is 0 Å². The van der Waals surface area contributed by atoms with E-state index in [0.717, 1.165) is 6.07 Å². The van der Waals surface area contributed by atoms with E-state index in [2.05, 4.69) is 0 Å². The Morgan fingerprint density at radius 2 is 1.95 bits per heavy atom. The second-order valence-corrected chi connectivity index (χ2v) is 5.77. The number of halogens is 2. The first-order chi connectivity index (χ1) is 9.63. The average molecular weight is 322 g/mol. The van der Waals surface area contributed by atoms with Gasteiger partial charge in [0.15, 0.2) is 0 Å². The van der Waals surface area contributed by atoms with Gasteiger partial charge >= 0.3 is 5.97 Å². The van der Waals surface area contributed by atoms with Crippen LogP contribution in [-0.2, 0) is 19.6 Å². The summed E-state index contributed by atoms with van der Waals surface area (Å²) in [5.74, 6) is -4.63. The molecule has 0 aliphatic heterocycles. The Kier molecular flexibility index (Phi) is 5.33. The number of carboxylic acid groups (broad SMARTS) is 1. The molecule has 1 aromatic rings. The summed E-state index contributed by atoms with van der Waals surface area (Å²) in [6.45, 7) is 0. The molecule has 10 heteroatoms. The summed E-state index contributed by atoms with van der Waals surface area (Å²) in [6.07, 6.45) is -0.800. The van der Waals surface area contributed by atoms with Crippen molar-refractivity contribution in [2.45, 2.75) is 23.8 Å². The van der Waals surface area contributed by atoms with E-state index in [1.54, 1.807) is 4.72 Å². The fraction of sp³-hybridized carbons (Fsp3) is 0.273. The zero-order valence-electron chi connectivity index (χ0n) is 10.5. The Morgan fingerprint density at radius 3 is 2.48 bits per heavy atom. The molecule has 0 aliphatic rings. The number of carbonyl (C=O) groups excluding carboxylic acids is 1. The normalized spacial score (nSPS) is 12.9. The molecule has 1 atom stereocenters. The molecule has 0 aromatic heterocycles. The second-order valence-electron chi connectivity index (χ2n) is 4.09. The quantitative estimate of drug-likeness (QED) is 0.649. The van der Waals surface area contributed by atoms with Gasteiger partial charge in [-0.05, 0) is 24.6 Å². The van der Waals surface area contributed by atoms with Crippen molar-refractivity contribution in [2.24, 2.45) is 5.73 Å². The van der Waals surface area contributed by atoms with E-state index in [4.69, 9.17) is 10.8 Å². The van der Waals surface area contributed by atoms with Gasteiger partial charge in [-0.15, -0.1) is 0 Å². The van der Waals surface area contributed by atoms with E-state index in [1.165, 1.54) is 0 Å². The summed E-state index contributed by atoms with van der Waals surface area (Å²) < 4.78 is 51.8. The number of carboxylic acids is 1. The van der Waals surface area contributed by atoms with E-state index in [-0.39, 0.29) is 6.42 Å². The first-order valence-corrected chi connectivity index (χ1v) is 7.10. The van der Waals surface area contributed by atoms with Crippen molar-refractivity contribution in [1.29, 1.82) is 0 Å². The van der Waals surface area contributed by atoms with Gasteiger partial charge in [0.1, 0.15) is 22.6 Å². The van der Waals surface area contributed by atoms with E-state index < -0.39 is 50.9 Å². The summed E-state index contributed by atoms with van der Waals surface area (Å²) in [7, 11) is -4.60. The monoisotopic (exact) mass is 322 g/mol. The third kappa shape index (κ3) is 4.76. The van der Waals surface area contributed by atoms with E-state index in [9.17, 15) is 26.8 Å². The minimum atomic E-state index is -4.60. The van der Waals surface area contributed by atoms with Gasteiger partial charge in [0.2, 0.25) is 15.9 Å². The van der Waals surface area contributed by atoms with Gasteiger partial charge in [0.05, 0.1) is 0 Å². The fourth-order valence-electron chi connectivity index (χ4n) is 1.45. The first-order valence-electron chi connectivity index (χ1n) is 5.62. The van der Waals surface area contributed by atoms with Crippen LogP contribution >= 0.6 is 0 Å². The number of benzene rings is 1. The highest BCUT2D eigenvalue weighted by molar-refractivity contribution is 7.89. The molecule has 0 radical (unpaired) electrons. The highest BCUT2D eigenvalue weighted by atomic mass is 32.2. The summed E-state index contributed by atoms with van der Waals surface area (Å²) >= 11 is 0. The molecule has 0 aliphatic carbocycles. The number of sulfonamides is 1. The molecular weight excluding hydrogens is 310 g/mol. The summed E-state index contributed by atoms with van der Waals surface area (Å²) in [4.78, 5) is 20.5. The van der Waals surface area contributed by atoms with Gasteiger partial charge in [-0.25, -0.2) is 17.2 Å². The summed E-state index contributed by atoms with van der Waals surface area (Å²) in [5.41, 5.74) is 4.84. The molecular formula is C11H12F2N2O5S. The number of nitrogens with two attached hydrogens (primary N) is 1. The number of carbonyl (C=O) groups is 2. The number of hydrogen-bond donors (Lipinski definition) is 3. The van der Waals surface area contributed by atoms with Crippen molar-refractivity contribution in [3.8, 4) is 0 Å². The molecule has 1 rings (SSSR count). The molecule has 0 heterocycles. The number of primary amides is 1. The van der Waals surface area contributed by atoms with Crippen molar-refractivity contribution in [3.05, 3.63) is 29.8 Å². The molecule has 0 saturated heterocycles. The van der Waals surface area contributed by atoms with Crippen LogP contribution in [0.3, 0.4) is 0 Å². The Morgan fingerprint density at radius 1 is 1.33 bits per heavy atom. The number of aliphatic carboxylic acids is 1. The van der Waals surface area contributed by atoms with Crippen molar-refractivity contribution < 1.29 is 31.9 Å². The van der Waals surface area contributed by atoms with Crippen LogP contribution in [0.4, 0.5) is 8.78 Å².